The highest BCUT2D eigenvalue weighted by Crippen LogP contribution is 1.97. The van der Waals surface area contributed by atoms with Gasteiger partial charge >= 0.3 is 0 Å². The van der Waals surface area contributed by atoms with Crippen LogP contribution in [0.3, 0.4) is 0 Å². The number of nitrogens with zero attached hydrogens (tertiary/aromatic N) is 2. The summed E-state index contributed by atoms with van der Waals surface area (Å²) in [4.78, 5) is 9.30. The van der Waals surface area contributed by atoms with Gasteiger partial charge in [0.15, 0.2) is 0 Å². The summed E-state index contributed by atoms with van der Waals surface area (Å²) in [6.07, 6.45) is 3.91. The fourth-order valence-corrected chi connectivity index (χ4v) is 0.975. The first-order valence-electron chi connectivity index (χ1n) is 4.92. The molecule has 1 aromatic heterocycles. The van der Waals surface area contributed by atoms with Crippen molar-refractivity contribution in [2.24, 2.45) is 5.16 Å². The largest absolute Gasteiger partial charge is 0.396 e. The molecule has 0 aliphatic rings. The van der Waals surface area contributed by atoms with Gasteiger partial charge in [-0.2, -0.15) is 0 Å². The van der Waals surface area contributed by atoms with E-state index >= 15 is 0 Å². The fourth-order valence-electron chi connectivity index (χ4n) is 0.975. The van der Waals surface area contributed by atoms with E-state index in [-0.39, 0.29) is 0 Å². The molecule has 76 valence electrons. The van der Waals surface area contributed by atoms with Crippen LogP contribution in [0.5, 0.6) is 0 Å². The molecule has 0 unspecified atom stereocenters. The van der Waals surface area contributed by atoms with Gasteiger partial charge in [-0.3, -0.25) is 4.98 Å². The van der Waals surface area contributed by atoms with Crippen LogP contribution in [0.15, 0.2) is 29.6 Å². The second-order valence-electron chi connectivity index (χ2n) is 3.08. The standard InChI is InChI=1S/C11H16N2O/c1-3-4-9-14-13-10(2)11-7-5-6-8-12-11/h5-8H,3-4,9H2,1-2H3/b13-10+. The SMILES string of the molecule is CCCCO/N=C(\C)c1ccccn1. The molecule has 0 radical (unpaired) electrons. The lowest BCUT2D eigenvalue weighted by Gasteiger charge is -2.00. The second-order valence-corrected chi connectivity index (χ2v) is 3.08. The molecule has 14 heavy (non-hydrogen) atoms. The normalized spacial score (nSPS) is 11.4. The van der Waals surface area contributed by atoms with Crippen LogP contribution < -0.4 is 0 Å². The van der Waals surface area contributed by atoms with Gasteiger partial charge in [0, 0.05) is 6.20 Å². The van der Waals surface area contributed by atoms with Crippen LogP contribution in [0.1, 0.15) is 32.4 Å². The van der Waals surface area contributed by atoms with E-state index in [0.29, 0.717) is 6.61 Å². The smallest absolute Gasteiger partial charge is 0.117 e. The van der Waals surface area contributed by atoms with Crippen molar-refractivity contribution in [2.45, 2.75) is 26.7 Å². The third-order valence-corrected chi connectivity index (χ3v) is 1.83. The maximum atomic E-state index is 5.14. The van der Waals surface area contributed by atoms with E-state index in [1.54, 1.807) is 6.20 Å². The molecule has 1 rings (SSSR count). The van der Waals surface area contributed by atoms with E-state index in [9.17, 15) is 0 Å². The lowest BCUT2D eigenvalue weighted by molar-refractivity contribution is 0.141. The lowest BCUT2D eigenvalue weighted by atomic mass is 10.3. The van der Waals surface area contributed by atoms with Crippen molar-refractivity contribution in [1.29, 1.82) is 0 Å². The minimum absolute atomic E-state index is 0.681. The van der Waals surface area contributed by atoms with Gasteiger partial charge in [0.1, 0.15) is 12.3 Å². The van der Waals surface area contributed by atoms with Gasteiger partial charge in [-0.15, -0.1) is 0 Å². The highest BCUT2D eigenvalue weighted by molar-refractivity contribution is 5.96. The van der Waals surface area contributed by atoms with Crippen molar-refractivity contribution >= 4 is 5.71 Å². The topological polar surface area (TPSA) is 34.5 Å². The zero-order chi connectivity index (χ0) is 10.2. The molecule has 0 saturated carbocycles. The van der Waals surface area contributed by atoms with Crippen molar-refractivity contribution in [1.82, 2.24) is 4.98 Å². The summed E-state index contributed by atoms with van der Waals surface area (Å²) >= 11 is 0. The number of hydrogen-bond donors (Lipinski definition) is 0. The Morgan fingerprint density at radius 1 is 1.50 bits per heavy atom. The molecule has 0 saturated heterocycles. The number of hydrogen-bond acceptors (Lipinski definition) is 3. The first kappa shape index (κ1) is 10.7. The predicted octanol–water partition coefficient (Wildman–Crippen LogP) is 2.62. The fraction of sp³-hybridized carbons (Fsp3) is 0.455. The first-order valence-corrected chi connectivity index (χ1v) is 4.92. The van der Waals surface area contributed by atoms with Gasteiger partial charge in [-0.25, -0.2) is 0 Å². The van der Waals surface area contributed by atoms with Crippen LogP contribution in [-0.2, 0) is 4.84 Å². The minimum Gasteiger partial charge on any atom is -0.396 e. The van der Waals surface area contributed by atoms with Gasteiger partial charge in [-0.05, 0) is 25.5 Å². The summed E-state index contributed by atoms with van der Waals surface area (Å²) in [5, 5.41) is 3.99. The summed E-state index contributed by atoms with van der Waals surface area (Å²) < 4.78 is 0. The molecule has 0 aromatic carbocycles. The van der Waals surface area contributed by atoms with Crippen LogP contribution in [0, 0.1) is 0 Å². The van der Waals surface area contributed by atoms with Crippen LogP contribution in [0.2, 0.25) is 0 Å². The maximum Gasteiger partial charge on any atom is 0.117 e. The Morgan fingerprint density at radius 2 is 2.36 bits per heavy atom. The molecule has 0 atom stereocenters. The molecule has 1 aromatic rings. The van der Waals surface area contributed by atoms with E-state index in [2.05, 4.69) is 17.1 Å². The van der Waals surface area contributed by atoms with Gasteiger partial charge in [0.25, 0.3) is 0 Å². The van der Waals surface area contributed by atoms with E-state index in [0.717, 1.165) is 24.2 Å². The number of pyridine rings is 1. The Hall–Kier alpha value is -1.38. The van der Waals surface area contributed by atoms with Crippen molar-refractivity contribution in [2.75, 3.05) is 6.61 Å². The third-order valence-electron chi connectivity index (χ3n) is 1.83. The highest BCUT2D eigenvalue weighted by Gasteiger charge is 1.96. The number of rotatable bonds is 5. The maximum absolute atomic E-state index is 5.14. The minimum atomic E-state index is 0.681. The third kappa shape index (κ3) is 3.56. The summed E-state index contributed by atoms with van der Waals surface area (Å²) in [6.45, 7) is 4.70. The van der Waals surface area contributed by atoms with Crippen LogP contribution in [0.4, 0.5) is 0 Å². The van der Waals surface area contributed by atoms with Gasteiger partial charge in [-0.1, -0.05) is 24.6 Å². The number of aromatic nitrogens is 1. The highest BCUT2D eigenvalue weighted by atomic mass is 16.6. The molecule has 1 heterocycles. The summed E-state index contributed by atoms with van der Waals surface area (Å²) in [6, 6.07) is 5.74. The van der Waals surface area contributed by atoms with Crippen molar-refractivity contribution < 1.29 is 4.84 Å². The quantitative estimate of drug-likeness (QED) is 0.408. The molecular weight excluding hydrogens is 176 g/mol. The van der Waals surface area contributed by atoms with Crippen molar-refractivity contribution in [3.63, 3.8) is 0 Å². The Bertz CT molecular complexity index is 283. The Balaban J connectivity index is 2.44. The number of unbranched alkanes of at least 4 members (excludes halogenated alkanes) is 1. The van der Waals surface area contributed by atoms with Crippen molar-refractivity contribution in [3.8, 4) is 0 Å². The second kappa shape index (κ2) is 6.13. The summed E-state index contributed by atoms with van der Waals surface area (Å²) in [7, 11) is 0. The van der Waals surface area contributed by atoms with Crippen LogP contribution >= 0.6 is 0 Å². The first-order chi connectivity index (χ1) is 6.84. The van der Waals surface area contributed by atoms with E-state index in [4.69, 9.17) is 4.84 Å². The van der Waals surface area contributed by atoms with E-state index in [1.165, 1.54) is 0 Å². The molecule has 0 spiro atoms. The summed E-state index contributed by atoms with van der Waals surface area (Å²) in [5.41, 5.74) is 1.69. The molecular formula is C11H16N2O. The monoisotopic (exact) mass is 192 g/mol. The van der Waals surface area contributed by atoms with E-state index in [1.807, 2.05) is 25.1 Å². The van der Waals surface area contributed by atoms with Crippen LogP contribution in [-0.4, -0.2) is 17.3 Å². The molecule has 0 N–H and O–H groups in total. The van der Waals surface area contributed by atoms with Gasteiger partial charge in [0.05, 0.1) is 5.69 Å². The molecule has 3 nitrogen and oxygen atoms in total. The van der Waals surface area contributed by atoms with Gasteiger partial charge < -0.3 is 4.84 Å². The zero-order valence-corrected chi connectivity index (χ0v) is 8.73. The number of oxime groups is 1. The molecule has 0 bridgehead atoms. The summed E-state index contributed by atoms with van der Waals surface area (Å²) in [5.74, 6) is 0. The average molecular weight is 192 g/mol. The molecule has 0 amide bonds. The zero-order valence-electron chi connectivity index (χ0n) is 8.73. The molecule has 0 aliphatic carbocycles. The Morgan fingerprint density at radius 3 is 3.00 bits per heavy atom. The Labute approximate surface area is 84.8 Å². The Kier molecular flexibility index (Phi) is 4.69. The van der Waals surface area contributed by atoms with Gasteiger partial charge in [0.2, 0.25) is 0 Å². The molecule has 0 aliphatic heterocycles. The lowest BCUT2D eigenvalue weighted by Crippen LogP contribution is -1.99. The van der Waals surface area contributed by atoms with E-state index < -0.39 is 0 Å². The molecule has 3 heteroatoms. The van der Waals surface area contributed by atoms with Crippen molar-refractivity contribution in [3.05, 3.63) is 30.1 Å². The molecule has 0 fully saturated rings. The predicted molar refractivity (Wildman–Crippen MR) is 57.3 cm³/mol. The van der Waals surface area contributed by atoms with Crippen LogP contribution in [0.25, 0.3) is 0 Å². The average Bonchev–Trinajstić information content (AvgIpc) is 2.25.